The molecule has 15 heavy (non-hydrogen) atoms. The van der Waals surface area contributed by atoms with Crippen molar-refractivity contribution in [1.29, 1.82) is 5.26 Å². The SMILES string of the molecule is C=C/C=C(\C=C/C)c1csc(CC#N)n1. The molecule has 0 saturated carbocycles. The van der Waals surface area contributed by atoms with Gasteiger partial charge in [0.2, 0.25) is 0 Å². The molecule has 1 heterocycles. The van der Waals surface area contributed by atoms with Crippen LogP contribution in [0.1, 0.15) is 17.6 Å². The second-order valence-electron chi connectivity index (χ2n) is 2.82. The second kappa shape index (κ2) is 5.94. The number of nitrogens with zero attached hydrogens (tertiary/aromatic N) is 2. The van der Waals surface area contributed by atoms with Crippen molar-refractivity contribution in [1.82, 2.24) is 4.98 Å². The zero-order valence-corrected chi connectivity index (χ0v) is 9.42. The van der Waals surface area contributed by atoms with Crippen LogP contribution in [0.15, 0.2) is 36.3 Å². The van der Waals surface area contributed by atoms with Crippen molar-refractivity contribution in [3.63, 3.8) is 0 Å². The highest BCUT2D eigenvalue weighted by Gasteiger charge is 2.03. The van der Waals surface area contributed by atoms with E-state index in [4.69, 9.17) is 5.26 Å². The van der Waals surface area contributed by atoms with E-state index in [0.717, 1.165) is 16.3 Å². The number of nitriles is 1. The minimum atomic E-state index is 0.377. The quantitative estimate of drug-likeness (QED) is 0.724. The molecule has 0 fully saturated rings. The van der Waals surface area contributed by atoms with Gasteiger partial charge in [-0.2, -0.15) is 5.26 Å². The third-order valence-electron chi connectivity index (χ3n) is 1.72. The summed E-state index contributed by atoms with van der Waals surface area (Å²) in [6.45, 7) is 5.62. The molecular weight excluding hydrogens is 204 g/mol. The lowest BCUT2D eigenvalue weighted by Crippen LogP contribution is -1.83. The maximum atomic E-state index is 8.55. The first kappa shape index (κ1) is 11.4. The summed E-state index contributed by atoms with van der Waals surface area (Å²) in [5.41, 5.74) is 1.93. The van der Waals surface area contributed by atoms with Crippen LogP contribution in [-0.2, 0) is 6.42 Å². The van der Waals surface area contributed by atoms with Gasteiger partial charge in [-0.05, 0) is 6.92 Å². The molecule has 0 radical (unpaired) electrons. The molecule has 1 aromatic rings. The molecule has 0 bridgehead atoms. The van der Waals surface area contributed by atoms with Gasteiger partial charge >= 0.3 is 0 Å². The van der Waals surface area contributed by atoms with E-state index < -0.39 is 0 Å². The van der Waals surface area contributed by atoms with Gasteiger partial charge < -0.3 is 0 Å². The molecule has 0 atom stereocenters. The summed E-state index contributed by atoms with van der Waals surface area (Å²) < 4.78 is 0. The van der Waals surface area contributed by atoms with Crippen LogP contribution < -0.4 is 0 Å². The largest absolute Gasteiger partial charge is 0.240 e. The fourth-order valence-electron chi connectivity index (χ4n) is 1.13. The fourth-order valence-corrected chi connectivity index (χ4v) is 1.86. The smallest absolute Gasteiger partial charge is 0.107 e. The molecule has 3 heteroatoms. The minimum absolute atomic E-state index is 0.377. The lowest BCUT2D eigenvalue weighted by Gasteiger charge is -1.94. The van der Waals surface area contributed by atoms with Crippen LogP contribution in [0.25, 0.3) is 5.57 Å². The average Bonchev–Trinajstić information content (AvgIpc) is 2.67. The van der Waals surface area contributed by atoms with E-state index in [1.807, 2.05) is 30.5 Å². The Morgan fingerprint density at radius 1 is 1.73 bits per heavy atom. The van der Waals surface area contributed by atoms with Gasteiger partial charge in [0.25, 0.3) is 0 Å². The number of thiazole rings is 1. The van der Waals surface area contributed by atoms with E-state index in [1.54, 1.807) is 6.08 Å². The van der Waals surface area contributed by atoms with E-state index in [-0.39, 0.29) is 0 Å². The topological polar surface area (TPSA) is 36.7 Å². The Balaban J connectivity index is 2.97. The molecular formula is C12H12N2S. The monoisotopic (exact) mass is 216 g/mol. The maximum absolute atomic E-state index is 8.55. The van der Waals surface area contributed by atoms with Gasteiger partial charge in [0.05, 0.1) is 18.2 Å². The molecule has 2 nitrogen and oxygen atoms in total. The van der Waals surface area contributed by atoms with Crippen LogP contribution in [0.5, 0.6) is 0 Å². The van der Waals surface area contributed by atoms with Crippen molar-refractivity contribution in [2.45, 2.75) is 13.3 Å². The molecule has 76 valence electrons. The van der Waals surface area contributed by atoms with Gasteiger partial charge in [0.1, 0.15) is 5.01 Å². The number of aromatic nitrogens is 1. The predicted molar refractivity (Wildman–Crippen MR) is 64.4 cm³/mol. The molecule has 0 amide bonds. The highest BCUT2D eigenvalue weighted by atomic mass is 32.1. The summed E-state index contributed by atoms with van der Waals surface area (Å²) in [4.78, 5) is 4.37. The van der Waals surface area contributed by atoms with Gasteiger partial charge in [-0.3, -0.25) is 0 Å². The van der Waals surface area contributed by atoms with Crippen LogP contribution in [-0.4, -0.2) is 4.98 Å². The molecule has 0 unspecified atom stereocenters. The zero-order chi connectivity index (χ0) is 11.1. The third-order valence-corrected chi connectivity index (χ3v) is 2.57. The molecule has 1 rings (SSSR count). The first-order valence-electron chi connectivity index (χ1n) is 4.59. The highest BCUT2D eigenvalue weighted by Crippen LogP contribution is 2.19. The van der Waals surface area contributed by atoms with Crippen LogP contribution in [0.3, 0.4) is 0 Å². The summed E-state index contributed by atoms with van der Waals surface area (Å²) in [5.74, 6) is 0. The number of hydrogen-bond acceptors (Lipinski definition) is 3. The average molecular weight is 216 g/mol. The fraction of sp³-hybridized carbons (Fsp3) is 0.167. The van der Waals surface area contributed by atoms with E-state index in [0.29, 0.717) is 6.42 Å². The minimum Gasteiger partial charge on any atom is -0.240 e. The van der Waals surface area contributed by atoms with E-state index in [1.165, 1.54) is 11.3 Å². The highest BCUT2D eigenvalue weighted by molar-refractivity contribution is 7.09. The standard InChI is InChI=1S/C12H12N2S/c1-3-5-10(6-4-2)11-9-15-12(14-11)7-8-13/h3-6,9H,1,7H2,2H3/b6-4-,10-5+. The van der Waals surface area contributed by atoms with Gasteiger partial charge in [-0.1, -0.05) is 30.9 Å². The molecule has 0 aliphatic carbocycles. The lowest BCUT2D eigenvalue weighted by molar-refractivity contribution is 1.17. The molecule has 0 N–H and O–H groups in total. The molecule has 0 saturated heterocycles. The van der Waals surface area contributed by atoms with Crippen LogP contribution in [0.2, 0.25) is 0 Å². The molecule has 0 spiro atoms. The van der Waals surface area contributed by atoms with E-state index in [9.17, 15) is 0 Å². The summed E-state index contributed by atoms with van der Waals surface area (Å²) >= 11 is 1.51. The third kappa shape index (κ3) is 3.19. The van der Waals surface area contributed by atoms with Gasteiger partial charge in [0, 0.05) is 11.0 Å². The van der Waals surface area contributed by atoms with Crippen molar-refractivity contribution in [2.24, 2.45) is 0 Å². The van der Waals surface area contributed by atoms with Crippen molar-refractivity contribution in [2.75, 3.05) is 0 Å². The van der Waals surface area contributed by atoms with Crippen LogP contribution >= 0.6 is 11.3 Å². The maximum Gasteiger partial charge on any atom is 0.107 e. The van der Waals surface area contributed by atoms with Crippen LogP contribution in [0, 0.1) is 11.3 Å². The molecule has 0 aliphatic rings. The Hall–Kier alpha value is -1.66. The predicted octanol–water partition coefficient (Wildman–Crippen LogP) is 3.35. The molecule has 1 aromatic heterocycles. The zero-order valence-electron chi connectivity index (χ0n) is 8.60. The van der Waals surface area contributed by atoms with Gasteiger partial charge in [-0.15, -0.1) is 11.3 Å². The number of hydrogen-bond donors (Lipinski definition) is 0. The molecule has 0 aliphatic heterocycles. The van der Waals surface area contributed by atoms with E-state index in [2.05, 4.69) is 17.6 Å². The Labute approximate surface area is 93.9 Å². The molecule has 0 aromatic carbocycles. The Kier molecular flexibility index (Phi) is 4.52. The van der Waals surface area contributed by atoms with Crippen molar-refractivity contribution in [3.8, 4) is 6.07 Å². The Morgan fingerprint density at radius 3 is 3.13 bits per heavy atom. The Morgan fingerprint density at radius 2 is 2.53 bits per heavy atom. The summed E-state index contributed by atoms with van der Waals surface area (Å²) in [7, 11) is 0. The number of rotatable bonds is 4. The summed E-state index contributed by atoms with van der Waals surface area (Å²) in [6, 6.07) is 2.09. The van der Waals surface area contributed by atoms with E-state index >= 15 is 0 Å². The van der Waals surface area contributed by atoms with Crippen molar-refractivity contribution in [3.05, 3.63) is 47.0 Å². The Bertz CT molecular complexity index is 433. The summed E-state index contributed by atoms with van der Waals surface area (Å²) in [5, 5.41) is 11.4. The first-order chi connectivity index (χ1) is 7.31. The van der Waals surface area contributed by atoms with Gasteiger partial charge in [0.15, 0.2) is 0 Å². The summed E-state index contributed by atoms with van der Waals surface area (Å²) in [6.07, 6.45) is 7.96. The van der Waals surface area contributed by atoms with Crippen LogP contribution in [0.4, 0.5) is 0 Å². The normalized spacial score (nSPS) is 11.6. The second-order valence-corrected chi connectivity index (χ2v) is 3.76. The van der Waals surface area contributed by atoms with Gasteiger partial charge in [-0.25, -0.2) is 4.98 Å². The first-order valence-corrected chi connectivity index (χ1v) is 5.47. The van der Waals surface area contributed by atoms with Crippen molar-refractivity contribution < 1.29 is 0 Å². The lowest BCUT2D eigenvalue weighted by atomic mass is 10.2. The van der Waals surface area contributed by atoms with Crippen molar-refractivity contribution >= 4 is 16.9 Å². The number of allylic oxidation sites excluding steroid dienone is 5.